The van der Waals surface area contributed by atoms with Crippen molar-refractivity contribution in [3.8, 4) is 0 Å². The average molecular weight is 399 g/mol. The topological polar surface area (TPSA) is 147 Å². The molecule has 9 heteroatoms. The summed E-state index contributed by atoms with van der Waals surface area (Å²) in [5.74, 6) is 0.0999. The maximum absolute atomic E-state index is 10.3. The maximum atomic E-state index is 10.3. The summed E-state index contributed by atoms with van der Waals surface area (Å²) in [4.78, 5) is 4.23. The highest BCUT2D eigenvalue weighted by molar-refractivity contribution is 5.66. The van der Waals surface area contributed by atoms with Crippen LogP contribution in [0.5, 0.6) is 0 Å². The van der Waals surface area contributed by atoms with Crippen LogP contribution in [0.1, 0.15) is 32.6 Å². The van der Waals surface area contributed by atoms with E-state index in [0.29, 0.717) is 19.5 Å². The second-order valence-electron chi connectivity index (χ2n) is 7.61. The molecule has 1 heterocycles. The Bertz CT molecular complexity index is 492. The fraction of sp³-hybridized carbons (Fsp3) is 0.842. The van der Waals surface area contributed by atoms with Crippen LogP contribution < -0.4 is 27.0 Å². The molecular formula is C19H38N6O3. The summed E-state index contributed by atoms with van der Waals surface area (Å²) in [7, 11) is 0. The predicted octanol–water partition coefficient (Wildman–Crippen LogP) is -1.78. The van der Waals surface area contributed by atoms with Crippen molar-refractivity contribution in [1.29, 1.82) is 0 Å². The Kier molecular flexibility index (Phi) is 10.5. The average Bonchev–Trinajstić information content (AvgIpc) is 2.71. The smallest absolute Gasteiger partial charge is 0.114 e. The van der Waals surface area contributed by atoms with E-state index in [0.717, 1.165) is 25.8 Å². The molecule has 2 rings (SSSR count). The highest BCUT2D eigenvalue weighted by Crippen LogP contribution is 2.20. The quantitative estimate of drug-likeness (QED) is 0.109. The molecule has 1 aliphatic heterocycles. The van der Waals surface area contributed by atoms with Gasteiger partial charge in [-0.25, -0.2) is 0 Å². The minimum atomic E-state index is -0.563. The number of hydrogen-bond acceptors (Lipinski definition) is 9. The largest absolute Gasteiger partial charge is 0.395 e. The first kappa shape index (κ1) is 23.4. The molecule has 0 aromatic carbocycles. The van der Waals surface area contributed by atoms with Gasteiger partial charge in [0.15, 0.2) is 0 Å². The highest BCUT2D eigenvalue weighted by atomic mass is 16.3. The van der Waals surface area contributed by atoms with Crippen LogP contribution in [-0.2, 0) is 0 Å². The Morgan fingerprint density at radius 1 is 1.25 bits per heavy atom. The van der Waals surface area contributed by atoms with Crippen LogP contribution in [-0.4, -0.2) is 84.5 Å². The number of aliphatic hydroxyl groups excluding tert-OH is 3. The van der Waals surface area contributed by atoms with Crippen LogP contribution in [0.4, 0.5) is 0 Å². The Morgan fingerprint density at radius 3 is 2.75 bits per heavy atom. The zero-order valence-corrected chi connectivity index (χ0v) is 16.8. The third-order valence-corrected chi connectivity index (χ3v) is 5.33. The van der Waals surface area contributed by atoms with Crippen molar-refractivity contribution in [3.63, 3.8) is 0 Å². The SMILES string of the molecule is CCN[C@@H](O)CCCNC(O)C1C=CC(NC[C@@H]2C=N[C@H](N)C(CO)N2)CC1. The van der Waals surface area contributed by atoms with E-state index >= 15 is 0 Å². The minimum Gasteiger partial charge on any atom is -0.395 e. The normalized spacial score (nSPS) is 32.4. The van der Waals surface area contributed by atoms with Crippen molar-refractivity contribution in [2.75, 3.05) is 26.2 Å². The van der Waals surface area contributed by atoms with Crippen molar-refractivity contribution in [1.82, 2.24) is 21.3 Å². The van der Waals surface area contributed by atoms with E-state index in [1.165, 1.54) is 0 Å². The van der Waals surface area contributed by atoms with Gasteiger partial charge in [-0.2, -0.15) is 0 Å². The number of nitrogens with two attached hydrogens (primary N) is 1. The summed E-state index contributed by atoms with van der Waals surface area (Å²) in [5.41, 5.74) is 5.81. The van der Waals surface area contributed by atoms with Gasteiger partial charge in [0, 0.05) is 24.7 Å². The van der Waals surface area contributed by atoms with Gasteiger partial charge in [-0.15, -0.1) is 0 Å². The van der Waals surface area contributed by atoms with Gasteiger partial charge < -0.3 is 26.4 Å². The second kappa shape index (κ2) is 12.6. The molecule has 0 amide bonds. The van der Waals surface area contributed by atoms with Gasteiger partial charge >= 0.3 is 0 Å². The predicted molar refractivity (Wildman–Crippen MR) is 111 cm³/mol. The maximum Gasteiger partial charge on any atom is 0.114 e. The summed E-state index contributed by atoms with van der Waals surface area (Å²) >= 11 is 0. The van der Waals surface area contributed by atoms with Crippen LogP contribution in [0.3, 0.4) is 0 Å². The van der Waals surface area contributed by atoms with Crippen LogP contribution in [0, 0.1) is 5.92 Å². The molecule has 9 nitrogen and oxygen atoms in total. The number of nitrogens with zero attached hydrogens (tertiary/aromatic N) is 1. The fourth-order valence-electron chi connectivity index (χ4n) is 3.58. The van der Waals surface area contributed by atoms with Gasteiger partial charge in [0.1, 0.15) is 18.6 Å². The van der Waals surface area contributed by atoms with Crippen LogP contribution in [0.2, 0.25) is 0 Å². The lowest BCUT2D eigenvalue weighted by Crippen LogP contribution is -2.57. The van der Waals surface area contributed by atoms with Gasteiger partial charge in [-0.1, -0.05) is 19.1 Å². The number of aliphatic imine (C=N–C) groups is 1. The van der Waals surface area contributed by atoms with Crippen molar-refractivity contribution < 1.29 is 15.3 Å². The second-order valence-corrected chi connectivity index (χ2v) is 7.61. The molecule has 2 aliphatic rings. The van der Waals surface area contributed by atoms with Gasteiger partial charge in [0.2, 0.25) is 0 Å². The molecule has 9 N–H and O–H groups in total. The van der Waals surface area contributed by atoms with Crippen LogP contribution in [0.15, 0.2) is 17.1 Å². The standard InChI is InChI=1S/C19H38N6O3/c1-2-21-17(27)4-3-9-22-19(28)13-5-7-14(8-6-13)23-10-15-11-24-18(20)16(12-26)25-15/h5,7,11,13-19,21-23,25-28H,2-4,6,8-10,12,20H2,1H3/t13?,14?,15-,16?,17+,18+,19?/m1/s1. The lowest BCUT2D eigenvalue weighted by atomic mass is 9.91. The van der Waals surface area contributed by atoms with Gasteiger partial charge in [-0.05, 0) is 38.8 Å². The molecule has 1 aliphatic carbocycles. The zero-order chi connectivity index (χ0) is 20.4. The molecule has 0 bridgehead atoms. The molecule has 4 unspecified atom stereocenters. The van der Waals surface area contributed by atoms with E-state index < -0.39 is 18.6 Å². The molecule has 0 aromatic heterocycles. The third kappa shape index (κ3) is 7.84. The van der Waals surface area contributed by atoms with E-state index in [2.05, 4.69) is 38.4 Å². The summed E-state index contributed by atoms with van der Waals surface area (Å²) in [6, 6.07) is 0.105. The molecule has 162 valence electrons. The summed E-state index contributed by atoms with van der Waals surface area (Å²) in [5, 5.41) is 42.1. The minimum absolute atomic E-state index is 0.0288. The first-order valence-corrected chi connectivity index (χ1v) is 10.4. The van der Waals surface area contributed by atoms with Gasteiger partial charge in [0.25, 0.3) is 0 Å². The van der Waals surface area contributed by atoms with Crippen LogP contribution in [0.25, 0.3) is 0 Å². The summed E-state index contributed by atoms with van der Waals surface area (Å²) in [6.45, 7) is 4.07. The molecular weight excluding hydrogens is 360 g/mol. The van der Waals surface area contributed by atoms with Gasteiger partial charge in [0.05, 0.1) is 18.7 Å². The van der Waals surface area contributed by atoms with E-state index in [-0.39, 0.29) is 30.7 Å². The van der Waals surface area contributed by atoms with Crippen molar-refractivity contribution in [2.45, 2.75) is 69.4 Å². The first-order chi connectivity index (χ1) is 13.5. The highest BCUT2D eigenvalue weighted by Gasteiger charge is 2.25. The van der Waals surface area contributed by atoms with E-state index in [9.17, 15) is 15.3 Å². The zero-order valence-electron chi connectivity index (χ0n) is 16.8. The van der Waals surface area contributed by atoms with E-state index in [4.69, 9.17) is 5.73 Å². The number of rotatable bonds is 12. The van der Waals surface area contributed by atoms with Gasteiger partial charge in [-0.3, -0.25) is 20.9 Å². The Morgan fingerprint density at radius 2 is 2.07 bits per heavy atom. The number of hydrogen-bond donors (Lipinski definition) is 8. The lowest BCUT2D eigenvalue weighted by molar-refractivity contribution is 0.0821. The fourth-order valence-corrected chi connectivity index (χ4v) is 3.58. The first-order valence-electron chi connectivity index (χ1n) is 10.4. The van der Waals surface area contributed by atoms with E-state index in [1.54, 1.807) is 6.21 Å². The van der Waals surface area contributed by atoms with Crippen molar-refractivity contribution in [3.05, 3.63) is 12.2 Å². The molecule has 0 aromatic rings. The monoisotopic (exact) mass is 398 g/mol. The third-order valence-electron chi connectivity index (χ3n) is 5.33. The molecule has 0 spiro atoms. The van der Waals surface area contributed by atoms with E-state index in [1.807, 2.05) is 6.92 Å². The molecule has 0 radical (unpaired) electrons. The Balaban J connectivity index is 1.63. The number of aliphatic hydroxyl groups is 3. The van der Waals surface area contributed by atoms with Crippen molar-refractivity contribution >= 4 is 6.21 Å². The Hall–Kier alpha value is -0.910. The molecule has 7 atom stereocenters. The Labute approximate surface area is 167 Å². The van der Waals surface area contributed by atoms with Crippen molar-refractivity contribution in [2.24, 2.45) is 16.6 Å². The molecule has 0 saturated carbocycles. The molecule has 28 heavy (non-hydrogen) atoms. The van der Waals surface area contributed by atoms with Crippen LogP contribution >= 0.6 is 0 Å². The molecule has 0 saturated heterocycles. The summed E-state index contributed by atoms with van der Waals surface area (Å²) in [6.07, 6.45) is 7.89. The lowest BCUT2D eigenvalue weighted by Gasteiger charge is -2.31. The summed E-state index contributed by atoms with van der Waals surface area (Å²) < 4.78 is 0. The number of nitrogens with one attached hydrogen (secondary N) is 4. The molecule has 0 fully saturated rings.